The van der Waals surface area contributed by atoms with Crippen LogP contribution in [0.25, 0.3) is 10.6 Å². The summed E-state index contributed by atoms with van der Waals surface area (Å²) in [5, 5.41) is 15.7. The van der Waals surface area contributed by atoms with Crippen LogP contribution in [0.15, 0.2) is 30.0 Å². The van der Waals surface area contributed by atoms with E-state index >= 15 is 0 Å². The van der Waals surface area contributed by atoms with E-state index in [2.05, 4.69) is 35.7 Å². The fourth-order valence-electron chi connectivity index (χ4n) is 4.53. The lowest BCUT2D eigenvalue weighted by Gasteiger charge is -2.45. The van der Waals surface area contributed by atoms with Crippen LogP contribution in [0.2, 0.25) is 0 Å². The van der Waals surface area contributed by atoms with Gasteiger partial charge in [0.1, 0.15) is 10.7 Å². The number of thiazole rings is 1. The highest BCUT2D eigenvalue weighted by molar-refractivity contribution is 7.13. The largest absolute Gasteiger partial charge is 0.397 e. The number of rotatable bonds is 4. The molecule has 5 rings (SSSR count). The number of nitrogens with zero attached hydrogens (tertiary/aromatic N) is 4. The van der Waals surface area contributed by atoms with Crippen LogP contribution in [0.3, 0.4) is 0 Å². The Labute approximate surface area is 184 Å². The third-order valence-corrected chi connectivity index (χ3v) is 7.19. The van der Waals surface area contributed by atoms with Gasteiger partial charge in [-0.05, 0) is 43.7 Å². The van der Waals surface area contributed by atoms with Gasteiger partial charge in [0, 0.05) is 36.8 Å². The minimum atomic E-state index is -0.274. The molecule has 2 fully saturated rings. The maximum Gasteiger partial charge on any atom is 0.275 e. The highest BCUT2D eigenvalue weighted by atomic mass is 32.1. The highest BCUT2D eigenvalue weighted by Gasteiger charge is 2.36. The summed E-state index contributed by atoms with van der Waals surface area (Å²) in [5.74, 6) is 0.496. The first kappa shape index (κ1) is 20.0. The molecule has 0 aliphatic carbocycles. The van der Waals surface area contributed by atoms with Crippen molar-refractivity contribution in [3.8, 4) is 10.6 Å². The summed E-state index contributed by atoms with van der Waals surface area (Å²) >= 11 is 1.41. The van der Waals surface area contributed by atoms with Gasteiger partial charge in [-0.25, -0.2) is 9.97 Å². The second kappa shape index (κ2) is 8.27. The molecular weight excluding hydrogens is 412 g/mol. The molecule has 2 aliphatic heterocycles. The third-order valence-electron chi connectivity index (χ3n) is 6.30. The van der Waals surface area contributed by atoms with Gasteiger partial charge in [-0.1, -0.05) is 0 Å². The Morgan fingerprint density at radius 1 is 1.26 bits per heavy atom. The second-order valence-electron chi connectivity index (χ2n) is 8.39. The van der Waals surface area contributed by atoms with Gasteiger partial charge in [0.25, 0.3) is 5.91 Å². The number of aromatic nitrogens is 4. The SMILES string of the molecule is Nc1cnc(N2CCC3(CCCNC3)CC2)c(NC(=O)c2csc(-c3cn[nH]c3)n2)c1. The zero-order valence-corrected chi connectivity index (χ0v) is 18.0. The molecule has 5 heterocycles. The number of anilines is 3. The number of pyridine rings is 1. The Balaban J connectivity index is 1.32. The van der Waals surface area contributed by atoms with Crippen molar-refractivity contribution in [2.75, 3.05) is 42.1 Å². The standard InChI is InChI=1S/C21H26N8OS/c22-15-8-16(27-19(30)17-12-31-20(28-17)14-9-25-26-10-14)18(24-11-15)29-6-3-21(4-7-29)2-1-5-23-13-21/h8-12,23H,1-7,13,22H2,(H,25,26)(H,27,30). The summed E-state index contributed by atoms with van der Waals surface area (Å²) in [6, 6.07) is 1.77. The van der Waals surface area contributed by atoms with Gasteiger partial charge in [-0.15, -0.1) is 11.3 Å². The average molecular weight is 439 g/mol. The zero-order chi connectivity index (χ0) is 21.3. The van der Waals surface area contributed by atoms with Crippen LogP contribution in [0, 0.1) is 5.41 Å². The molecule has 3 aromatic rings. The topological polar surface area (TPSA) is 125 Å². The smallest absolute Gasteiger partial charge is 0.275 e. The van der Waals surface area contributed by atoms with Crippen LogP contribution in [0.5, 0.6) is 0 Å². The maximum atomic E-state index is 12.9. The normalized spacial score (nSPS) is 18.3. The van der Waals surface area contributed by atoms with Gasteiger partial charge in [0.2, 0.25) is 0 Å². The molecule has 9 nitrogen and oxygen atoms in total. The molecular formula is C21H26N8OS. The van der Waals surface area contributed by atoms with Crippen LogP contribution in [0.4, 0.5) is 17.2 Å². The van der Waals surface area contributed by atoms with Crippen LogP contribution < -0.4 is 21.3 Å². The summed E-state index contributed by atoms with van der Waals surface area (Å²) in [6.07, 6.45) is 9.87. The molecule has 0 unspecified atom stereocenters. The molecule has 0 radical (unpaired) electrons. The first-order chi connectivity index (χ1) is 15.1. The lowest BCUT2D eigenvalue weighted by Crippen LogP contribution is -2.48. The van der Waals surface area contributed by atoms with Crippen molar-refractivity contribution < 1.29 is 4.79 Å². The number of piperidine rings is 2. The monoisotopic (exact) mass is 438 g/mol. The molecule has 0 saturated carbocycles. The number of nitrogens with one attached hydrogen (secondary N) is 3. The average Bonchev–Trinajstić information content (AvgIpc) is 3.48. The lowest BCUT2D eigenvalue weighted by atomic mass is 9.73. The van der Waals surface area contributed by atoms with E-state index in [0.29, 0.717) is 22.5 Å². The van der Waals surface area contributed by atoms with E-state index in [9.17, 15) is 4.79 Å². The number of nitrogens with two attached hydrogens (primary N) is 1. The molecule has 5 N–H and O–H groups in total. The molecule has 162 valence electrons. The summed E-state index contributed by atoms with van der Waals surface area (Å²) in [6.45, 7) is 4.06. The van der Waals surface area contributed by atoms with Crippen LogP contribution in [0.1, 0.15) is 36.2 Å². The van der Waals surface area contributed by atoms with E-state index in [1.54, 1.807) is 30.0 Å². The molecule has 0 atom stereocenters. The van der Waals surface area contributed by atoms with Crippen molar-refractivity contribution >= 4 is 34.4 Å². The van der Waals surface area contributed by atoms with Gasteiger partial charge in [-0.3, -0.25) is 9.89 Å². The Hall–Kier alpha value is -2.98. The number of carbonyl (C=O) groups excluding carboxylic acids is 1. The molecule has 2 saturated heterocycles. The second-order valence-corrected chi connectivity index (χ2v) is 9.24. The van der Waals surface area contributed by atoms with Gasteiger partial charge in [-0.2, -0.15) is 5.10 Å². The summed E-state index contributed by atoms with van der Waals surface area (Å²) in [7, 11) is 0. The Kier molecular flexibility index (Phi) is 5.33. The molecule has 2 aliphatic rings. The summed E-state index contributed by atoms with van der Waals surface area (Å²) in [5.41, 5.74) is 8.74. The molecule has 3 aromatic heterocycles. The van der Waals surface area contributed by atoms with Crippen molar-refractivity contribution in [3.63, 3.8) is 0 Å². The quantitative estimate of drug-likeness (QED) is 0.493. The molecule has 31 heavy (non-hydrogen) atoms. The Morgan fingerprint density at radius 3 is 2.87 bits per heavy atom. The van der Waals surface area contributed by atoms with Gasteiger partial charge in [0.15, 0.2) is 5.82 Å². The number of hydrogen-bond acceptors (Lipinski definition) is 8. The number of nitrogen functional groups attached to an aromatic ring is 1. The van der Waals surface area contributed by atoms with E-state index in [1.165, 1.54) is 24.2 Å². The molecule has 1 spiro atoms. The summed E-state index contributed by atoms with van der Waals surface area (Å²) in [4.78, 5) is 24.2. The van der Waals surface area contributed by atoms with Crippen molar-refractivity contribution in [1.82, 2.24) is 25.5 Å². The predicted molar refractivity (Wildman–Crippen MR) is 122 cm³/mol. The third kappa shape index (κ3) is 4.13. The van der Waals surface area contributed by atoms with Crippen LogP contribution in [-0.2, 0) is 0 Å². The Morgan fingerprint density at radius 2 is 2.13 bits per heavy atom. The van der Waals surface area contributed by atoms with E-state index in [4.69, 9.17) is 5.73 Å². The fraction of sp³-hybridized carbons (Fsp3) is 0.429. The van der Waals surface area contributed by atoms with E-state index in [0.717, 1.165) is 55.4 Å². The van der Waals surface area contributed by atoms with Gasteiger partial charge in [0.05, 0.1) is 23.8 Å². The first-order valence-corrected chi connectivity index (χ1v) is 11.5. The molecule has 1 amide bonds. The Bertz CT molecular complexity index is 1050. The molecule has 0 aromatic carbocycles. The van der Waals surface area contributed by atoms with Crippen LogP contribution in [-0.4, -0.2) is 52.3 Å². The predicted octanol–water partition coefficient (Wildman–Crippen LogP) is 2.73. The lowest BCUT2D eigenvalue weighted by molar-refractivity contribution is 0.102. The van der Waals surface area contributed by atoms with E-state index in [1.807, 2.05) is 0 Å². The minimum absolute atomic E-state index is 0.274. The van der Waals surface area contributed by atoms with Crippen LogP contribution >= 0.6 is 11.3 Å². The highest BCUT2D eigenvalue weighted by Crippen LogP contribution is 2.39. The van der Waals surface area contributed by atoms with Crippen molar-refractivity contribution in [1.29, 1.82) is 0 Å². The fourth-order valence-corrected chi connectivity index (χ4v) is 5.31. The molecule has 10 heteroatoms. The maximum absolute atomic E-state index is 12.9. The summed E-state index contributed by atoms with van der Waals surface area (Å²) < 4.78 is 0. The van der Waals surface area contributed by atoms with Crippen molar-refractivity contribution in [3.05, 3.63) is 35.7 Å². The van der Waals surface area contributed by atoms with Gasteiger partial charge < -0.3 is 21.3 Å². The van der Waals surface area contributed by atoms with E-state index in [-0.39, 0.29) is 5.91 Å². The van der Waals surface area contributed by atoms with Crippen molar-refractivity contribution in [2.45, 2.75) is 25.7 Å². The minimum Gasteiger partial charge on any atom is -0.397 e. The number of hydrogen-bond donors (Lipinski definition) is 4. The number of carbonyl (C=O) groups is 1. The first-order valence-electron chi connectivity index (χ1n) is 10.6. The number of aromatic amines is 1. The molecule has 0 bridgehead atoms. The number of amides is 1. The van der Waals surface area contributed by atoms with Gasteiger partial charge >= 0.3 is 0 Å². The zero-order valence-electron chi connectivity index (χ0n) is 17.2. The number of H-pyrrole nitrogens is 1. The van der Waals surface area contributed by atoms with E-state index < -0.39 is 0 Å². The van der Waals surface area contributed by atoms with Crippen molar-refractivity contribution in [2.24, 2.45) is 5.41 Å².